The Balaban J connectivity index is 0.0000208. The monoisotopic (exact) mass is 1490 g/mol. The predicted octanol–water partition coefficient (Wildman–Crippen LogP) is -7.06. The van der Waals surface area contributed by atoms with Crippen molar-refractivity contribution in [2.45, 2.75) is 119 Å². The number of hydrogen-bond donors (Lipinski definition) is 16. The van der Waals surface area contributed by atoms with Crippen molar-refractivity contribution in [3.05, 3.63) is 102 Å². The minimum atomic E-state index is -4.19. The molecule has 4 aromatic rings. The van der Waals surface area contributed by atoms with Crippen LogP contribution in [0.1, 0.15) is 56.2 Å². The van der Waals surface area contributed by atoms with Crippen LogP contribution in [0.25, 0.3) is 10.9 Å². The first-order valence-electron chi connectivity index (χ1n) is 31.6. The number of amides is 8. The van der Waals surface area contributed by atoms with Crippen molar-refractivity contribution in [3.63, 3.8) is 0 Å². The van der Waals surface area contributed by atoms with E-state index in [-0.39, 0.29) is 103 Å². The number of nitrogens with two attached hydrogens (primary N) is 1. The zero-order valence-electron chi connectivity index (χ0n) is 54.7. The topological polar surface area (TPSA) is 503 Å². The van der Waals surface area contributed by atoms with Gasteiger partial charge in [0.05, 0.1) is 42.4 Å². The number of para-hydroxylation sites is 1. The summed E-state index contributed by atoms with van der Waals surface area (Å²) in [7, 11) is -4.19. The third-order valence-electron chi connectivity index (χ3n) is 16.0. The Morgan fingerprint density at radius 2 is 0.990 bits per heavy atom. The number of rotatable bonds is 39. The number of aliphatic hydroxyl groups is 2. The first-order chi connectivity index (χ1) is 46.5. The van der Waals surface area contributed by atoms with Crippen LogP contribution in [-0.2, 0) is 76.6 Å². The van der Waals surface area contributed by atoms with Gasteiger partial charge in [-0.15, -0.1) is 0 Å². The molecule has 8 amide bonds. The van der Waals surface area contributed by atoms with E-state index < -0.39 is 177 Å². The number of aromatic nitrogens is 1. The van der Waals surface area contributed by atoms with E-state index >= 15 is 0 Å². The Morgan fingerprint density at radius 1 is 0.556 bits per heavy atom. The molecule has 36 heteroatoms. The molecule has 1 aromatic heterocycles. The fraction of sp³-hybridized carbons (Fsp3) is 0.508. The summed E-state index contributed by atoms with van der Waals surface area (Å²) < 4.78 is 13.7. The standard InChI is InChI=1S/C63H90N13O19PS2.Ga/c1-37(77)54(62(91)71-50(35-98)61(90)73-55(38(2)78)63(92)93)72-56(85)45(14-8-9-20-64)67-59(88)48(30-41-31-65-44-13-7-6-12-43(41)44)69-58(87)47(29-40-15-17-42(79)18-16-40)68-60(89)49(34-97)70-57(86)46(28-39-10-4-3-5-11-39)66-51(80)19-27-96(94,95)36-76-25-23-74(32-52(81)82)21-22-75(24-26-76)33-53(83)84;/h3-7,10-13,15-18,31,37-38,45-50,54-55,65,77-79,97-98H,8-9,14,19-30,32-36,64H2,1-2H3,(H,66,80)(H,67,88)(H,68,89)(H,69,87)(H,70,86)(H,71,91)(H,72,85)(H,73,90)(H,81,82)(H,83,84)(H,92,93)(H,94,95);/q;+3/p-3/t37-,38-,45+,46+,47+,48+,49+,50+,54+,55+;/m1./s1/i;1-2. The number of benzene rings is 3. The van der Waals surface area contributed by atoms with Gasteiger partial charge in [-0.2, -0.15) is 25.3 Å². The molecule has 5 rings (SSSR count). The van der Waals surface area contributed by atoms with Crippen molar-refractivity contribution < 1.29 is 92.8 Å². The minimum absolute atomic E-state index is 0. The molecule has 15 N–H and O–H groups in total. The molecule has 1 saturated heterocycles. The maximum atomic E-state index is 15.0. The van der Waals surface area contributed by atoms with Gasteiger partial charge in [0.2, 0.25) is 54.6 Å². The average molecular weight is 1490 g/mol. The van der Waals surface area contributed by atoms with Crippen LogP contribution < -0.4 is 63.6 Å². The van der Waals surface area contributed by atoms with E-state index in [1.165, 1.54) is 34.1 Å². The van der Waals surface area contributed by atoms with E-state index in [9.17, 15) is 92.8 Å². The Bertz CT molecular complexity index is 3390. The van der Waals surface area contributed by atoms with Gasteiger partial charge >= 0.3 is 19.8 Å². The normalized spacial score (nSPS) is 16.7. The quantitative estimate of drug-likeness (QED) is 0.00854. The Kier molecular flexibility index (Phi) is 35.5. The van der Waals surface area contributed by atoms with Crippen LogP contribution in [0.5, 0.6) is 5.75 Å². The zero-order chi connectivity index (χ0) is 72.2. The molecule has 1 fully saturated rings. The second kappa shape index (κ2) is 41.9. The number of nitrogens with one attached hydrogen (secondary N) is 9. The van der Waals surface area contributed by atoms with E-state index in [4.69, 9.17) is 5.73 Å². The van der Waals surface area contributed by atoms with E-state index in [1.807, 2.05) is 5.32 Å². The molecule has 3 aromatic carbocycles. The zero-order valence-corrected chi connectivity index (χ0v) is 59.9. The van der Waals surface area contributed by atoms with Crippen molar-refractivity contribution in [2.24, 2.45) is 5.73 Å². The van der Waals surface area contributed by atoms with Crippen molar-refractivity contribution in [3.8, 4) is 5.75 Å². The number of fused-ring (bicyclic) bond motifs is 1. The number of aromatic hydroxyl groups is 1. The third-order valence-corrected chi connectivity index (χ3v) is 18.5. The summed E-state index contributed by atoms with van der Waals surface area (Å²) in [5.74, 6) is -13.4. The fourth-order valence-electron chi connectivity index (χ4n) is 10.6. The number of nitrogens with zero attached hydrogens (tertiary/aromatic N) is 3. The molecule has 32 nitrogen and oxygen atoms in total. The van der Waals surface area contributed by atoms with Crippen LogP contribution in [0.15, 0.2) is 85.1 Å². The Labute approximate surface area is 595 Å². The van der Waals surface area contributed by atoms with Crippen molar-refractivity contribution in [1.29, 1.82) is 0 Å². The molecular formula is C63H87GaN13O19PS2. The second-order valence-electron chi connectivity index (χ2n) is 23.8. The van der Waals surface area contributed by atoms with Gasteiger partial charge in [0.25, 0.3) is 0 Å². The van der Waals surface area contributed by atoms with E-state index in [0.29, 0.717) is 34.0 Å². The molecule has 0 spiro atoms. The summed E-state index contributed by atoms with van der Waals surface area (Å²) >= 11 is 8.44. The molecule has 0 saturated carbocycles. The summed E-state index contributed by atoms with van der Waals surface area (Å²) in [6.45, 7) is 2.29. The van der Waals surface area contributed by atoms with E-state index in [0.717, 1.165) is 13.8 Å². The van der Waals surface area contributed by atoms with Crippen molar-refractivity contribution >= 4 is 128 Å². The molecule has 11 atom stereocenters. The molecule has 1 aliphatic heterocycles. The first kappa shape index (κ1) is 83.9. The van der Waals surface area contributed by atoms with Gasteiger partial charge in [-0.25, -0.2) is 0 Å². The smallest absolute Gasteiger partial charge is 0.549 e. The van der Waals surface area contributed by atoms with Crippen LogP contribution in [0.3, 0.4) is 0 Å². The molecule has 0 aliphatic carbocycles. The number of aliphatic carboxylic acids is 3. The number of hydrogen-bond acceptors (Lipinski definition) is 24. The summed E-state index contributed by atoms with van der Waals surface area (Å²) in [6, 6.07) is 8.13. The maximum absolute atomic E-state index is 15.0. The Morgan fingerprint density at radius 3 is 1.51 bits per heavy atom. The summed E-state index contributed by atoms with van der Waals surface area (Å²) in [5.41, 5.74) is 7.90. The number of carboxylic acids is 3. The van der Waals surface area contributed by atoms with Crippen LogP contribution >= 0.6 is 32.6 Å². The predicted molar refractivity (Wildman–Crippen MR) is 363 cm³/mol. The molecule has 99 heavy (non-hydrogen) atoms. The van der Waals surface area contributed by atoms with Gasteiger partial charge in [0.1, 0.15) is 48.0 Å². The third kappa shape index (κ3) is 28.5. The fourth-order valence-corrected chi connectivity index (χ4v) is 12.7. The summed E-state index contributed by atoms with van der Waals surface area (Å²) in [5, 5.41) is 86.0. The number of carbonyl (C=O) groups is 11. The average Bonchev–Trinajstić information content (AvgIpc) is 1.79. The van der Waals surface area contributed by atoms with E-state index in [1.54, 1.807) is 65.7 Å². The minimum Gasteiger partial charge on any atom is -0.549 e. The number of aliphatic hydroxyl groups excluding tert-OH is 2. The number of H-pyrrole nitrogens is 1. The largest absolute Gasteiger partial charge is 3.00 e. The number of phenols is 1. The van der Waals surface area contributed by atoms with Crippen LogP contribution in [-0.4, -0.2) is 268 Å². The molecule has 1 aliphatic rings. The van der Waals surface area contributed by atoms with Gasteiger partial charge in [0, 0.05) is 113 Å². The SMILES string of the molecule is C[C@@H](O)[C@H](NC(=O)[C@H](CS)NC(=O)[C@@H](NC(=O)[C@H](CCCCN)NC(=O)[C@H](Cc1c[nH]c2ccccc12)NC(=O)[C@H](Cc1ccc(O)cc1)NC(=O)[C@H](CS)NC(=O)[C@H](Cc1ccccc1)NC(=O)CCP(=O)(O)CN1CCN(CC(=O)[O-])CCN(CC(=O)[O-])CC1)[C@@H](C)O)C(=O)[O-].[68Ga+3]. The van der Waals surface area contributed by atoms with E-state index in [2.05, 4.69) is 67.5 Å². The van der Waals surface area contributed by atoms with Gasteiger partial charge < -0.3 is 103 Å². The first-order valence-corrected chi connectivity index (χ1v) is 34.9. The number of aromatic amines is 1. The number of carbonyl (C=O) groups excluding carboxylic acids is 11. The van der Waals surface area contributed by atoms with Crippen LogP contribution in [0, 0.1) is 0 Å². The van der Waals surface area contributed by atoms with Crippen LogP contribution in [0.4, 0.5) is 0 Å². The summed E-state index contributed by atoms with van der Waals surface area (Å²) in [6.07, 6.45) is -3.50. The summed E-state index contributed by atoms with van der Waals surface area (Å²) in [4.78, 5) is 167. The molecule has 2 heterocycles. The van der Waals surface area contributed by atoms with Gasteiger partial charge in [0.15, 0.2) is 0 Å². The number of thiol groups is 2. The molecular weight excluding hydrogens is 1410 g/mol. The second-order valence-corrected chi connectivity index (χ2v) is 27.0. The van der Waals surface area contributed by atoms with Crippen molar-refractivity contribution in [1.82, 2.24) is 62.2 Å². The van der Waals surface area contributed by atoms with Crippen molar-refractivity contribution in [2.75, 3.05) is 82.9 Å². The molecule has 538 valence electrons. The molecule has 1 unspecified atom stereocenters. The maximum Gasteiger partial charge on any atom is 3.00 e. The molecule has 0 bridgehead atoms. The molecule has 0 radical (unpaired) electrons. The van der Waals surface area contributed by atoms with Gasteiger partial charge in [-0.05, 0) is 74.5 Å². The number of carboxylic acid groups (broad SMARTS) is 3. The van der Waals surface area contributed by atoms with Gasteiger partial charge in [-0.3, -0.25) is 57.6 Å². The van der Waals surface area contributed by atoms with Gasteiger partial charge in [-0.1, -0.05) is 60.7 Å². The number of phenolic OH excluding ortho intramolecular Hbond substituents is 1. The Hall–Kier alpha value is -7.54. The van der Waals surface area contributed by atoms with Crippen LogP contribution in [0.2, 0.25) is 0 Å². The number of unbranched alkanes of at least 4 members (excludes halogenated alkanes) is 1.